The first-order valence-electron chi connectivity index (χ1n) is 7.06. The Kier molecular flexibility index (Phi) is 4.48. The van der Waals surface area contributed by atoms with Gasteiger partial charge in [0.15, 0.2) is 0 Å². The maximum absolute atomic E-state index is 13.0. The molecule has 2 aliphatic heterocycles. The third kappa shape index (κ3) is 3.10. The van der Waals surface area contributed by atoms with E-state index < -0.39 is 10.8 Å². The molecule has 0 N–H and O–H groups in total. The number of hydrogen-bond donors (Lipinski definition) is 0. The van der Waals surface area contributed by atoms with Crippen LogP contribution in [0.2, 0.25) is 0 Å². The Bertz CT molecular complexity index is 478. The Morgan fingerprint density at radius 1 is 1.25 bits per heavy atom. The average molecular weight is 314 g/mol. The van der Waals surface area contributed by atoms with E-state index >= 15 is 0 Å². The molecule has 20 heavy (non-hydrogen) atoms. The minimum atomic E-state index is -1.06. The first-order chi connectivity index (χ1) is 9.69. The highest BCUT2D eigenvalue weighted by molar-refractivity contribution is 7.99. The van der Waals surface area contributed by atoms with Crippen molar-refractivity contribution in [3.8, 4) is 0 Å². The molecule has 0 aromatic heterocycles. The van der Waals surface area contributed by atoms with Gasteiger partial charge in [-0.25, -0.2) is 4.39 Å². The van der Waals surface area contributed by atoms with Crippen molar-refractivity contribution in [3.63, 3.8) is 0 Å². The summed E-state index contributed by atoms with van der Waals surface area (Å²) in [6, 6.07) is 6.06. The highest BCUT2D eigenvalue weighted by Crippen LogP contribution is 2.39. The van der Waals surface area contributed by atoms with Gasteiger partial charge in [-0.15, -0.1) is 0 Å². The van der Waals surface area contributed by atoms with Gasteiger partial charge in [0.1, 0.15) is 5.82 Å². The molecule has 1 aromatic rings. The third-order valence-electron chi connectivity index (χ3n) is 4.20. The molecule has 0 amide bonds. The van der Waals surface area contributed by atoms with Gasteiger partial charge in [0, 0.05) is 16.8 Å². The zero-order valence-corrected chi connectivity index (χ0v) is 13.0. The van der Waals surface area contributed by atoms with Crippen molar-refractivity contribution < 1.29 is 13.3 Å². The molecular weight excluding hydrogens is 295 g/mol. The molecule has 2 nitrogen and oxygen atoms in total. The van der Waals surface area contributed by atoms with Crippen LogP contribution >= 0.6 is 11.8 Å². The lowest BCUT2D eigenvalue weighted by atomic mass is 9.88. The molecule has 2 heterocycles. The van der Waals surface area contributed by atoms with Gasteiger partial charge < -0.3 is 4.74 Å². The first kappa shape index (κ1) is 14.5. The maximum atomic E-state index is 13.0. The molecule has 1 spiro atoms. The van der Waals surface area contributed by atoms with Gasteiger partial charge in [-0.05, 0) is 61.5 Å². The second-order valence-electron chi connectivity index (χ2n) is 5.51. The monoisotopic (exact) mass is 314 g/mol. The van der Waals surface area contributed by atoms with Crippen molar-refractivity contribution in [2.24, 2.45) is 0 Å². The van der Waals surface area contributed by atoms with Crippen molar-refractivity contribution in [3.05, 3.63) is 30.1 Å². The summed E-state index contributed by atoms with van der Waals surface area (Å²) in [4.78, 5) is 0.735. The van der Waals surface area contributed by atoms with Gasteiger partial charge in [-0.2, -0.15) is 11.8 Å². The van der Waals surface area contributed by atoms with Gasteiger partial charge in [-0.1, -0.05) is 0 Å². The van der Waals surface area contributed by atoms with E-state index in [-0.39, 0.29) is 16.7 Å². The summed E-state index contributed by atoms with van der Waals surface area (Å²) in [5, 5.41) is 0.136. The van der Waals surface area contributed by atoms with E-state index in [0.29, 0.717) is 6.61 Å². The van der Waals surface area contributed by atoms with Crippen LogP contribution in [-0.4, -0.2) is 33.2 Å². The zero-order valence-electron chi connectivity index (χ0n) is 11.3. The Morgan fingerprint density at radius 2 is 1.95 bits per heavy atom. The van der Waals surface area contributed by atoms with E-state index in [9.17, 15) is 8.60 Å². The molecule has 0 bridgehead atoms. The maximum Gasteiger partial charge on any atom is 0.123 e. The van der Waals surface area contributed by atoms with E-state index in [0.717, 1.165) is 42.1 Å². The van der Waals surface area contributed by atoms with E-state index in [1.54, 1.807) is 12.1 Å². The molecule has 2 unspecified atom stereocenters. The van der Waals surface area contributed by atoms with Crippen LogP contribution in [-0.2, 0) is 15.5 Å². The van der Waals surface area contributed by atoms with Crippen LogP contribution in [0.15, 0.2) is 29.2 Å². The van der Waals surface area contributed by atoms with Crippen LogP contribution in [0.3, 0.4) is 0 Å². The third-order valence-corrected chi connectivity index (χ3v) is 6.93. The van der Waals surface area contributed by atoms with E-state index in [1.165, 1.54) is 12.1 Å². The Labute approximate surface area is 125 Å². The molecule has 1 aromatic carbocycles. The Morgan fingerprint density at radius 3 is 2.65 bits per heavy atom. The normalized spacial score (nSPS) is 27.4. The lowest BCUT2D eigenvalue weighted by Crippen LogP contribution is -2.45. The molecule has 2 atom stereocenters. The summed E-state index contributed by atoms with van der Waals surface area (Å²) >= 11 is 1.97. The highest BCUT2D eigenvalue weighted by atomic mass is 32.2. The van der Waals surface area contributed by atoms with Gasteiger partial charge in [0.25, 0.3) is 0 Å². The van der Waals surface area contributed by atoms with Crippen LogP contribution < -0.4 is 0 Å². The van der Waals surface area contributed by atoms with Crippen LogP contribution in [0, 0.1) is 5.82 Å². The smallest absolute Gasteiger partial charge is 0.123 e. The summed E-state index contributed by atoms with van der Waals surface area (Å²) in [5.41, 5.74) is -0.0517. The lowest BCUT2D eigenvalue weighted by molar-refractivity contribution is -0.0809. The Balaban J connectivity index is 1.73. The van der Waals surface area contributed by atoms with Crippen LogP contribution in [0.25, 0.3) is 0 Å². The standard InChI is InChI=1S/C15H19FO2S2/c16-12-1-3-13(4-2-12)20(17)14-5-8-18-15(11-14)6-9-19-10-7-15/h1-4,14H,5-11H2. The molecule has 2 aliphatic rings. The molecule has 0 radical (unpaired) electrons. The topological polar surface area (TPSA) is 26.3 Å². The van der Waals surface area contributed by atoms with Crippen molar-refractivity contribution in [1.82, 2.24) is 0 Å². The van der Waals surface area contributed by atoms with E-state index in [1.807, 2.05) is 11.8 Å². The molecule has 110 valence electrons. The first-order valence-corrected chi connectivity index (χ1v) is 9.43. The minimum absolute atomic E-state index is 0.0517. The minimum Gasteiger partial charge on any atom is -0.375 e. The molecule has 2 fully saturated rings. The molecule has 5 heteroatoms. The van der Waals surface area contributed by atoms with E-state index in [4.69, 9.17) is 4.74 Å². The number of ether oxygens (including phenoxy) is 1. The van der Waals surface area contributed by atoms with Crippen molar-refractivity contribution in [2.45, 2.75) is 41.4 Å². The van der Waals surface area contributed by atoms with Crippen LogP contribution in [0.1, 0.15) is 25.7 Å². The fourth-order valence-electron chi connectivity index (χ4n) is 3.02. The van der Waals surface area contributed by atoms with E-state index in [2.05, 4.69) is 0 Å². The summed E-state index contributed by atoms with van der Waals surface area (Å²) in [6.45, 7) is 0.697. The zero-order chi connectivity index (χ0) is 14.0. The second kappa shape index (κ2) is 6.16. The van der Waals surface area contributed by atoms with Crippen molar-refractivity contribution in [1.29, 1.82) is 0 Å². The van der Waals surface area contributed by atoms with Gasteiger partial charge in [-0.3, -0.25) is 4.21 Å². The molecule has 3 rings (SSSR count). The fourth-order valence-corrected chi connectivity index (χ4v) is 5.81. The summed E-state index contributed by atoms with van der Waals surface area (Å²) in [7, 11) is -1.06. The van der Waals surface area contributed by atoms with Crippen LogP contribution in [0.5, 0.6) is 0 Å². The van der Waals surface area contributed by atoms with Gasteiger partial charge in [0.2, 0.25) is 0 Å². The highest BCUT2D eigenvalue weighted by Gasteiger charge is 2.40. The Hall–Kier alpha value is -0.390. The quantitative estimate of drug-likeness (QED) is 0.837. The lowest BCUT2D eigenvalue weighted by Gasteiger charge is -2.43. The van der Waals surface area contributed by atoms with Crippen molar-refractivity contribution >= 4 is 22.6 Å². The van der Waals surface area contributed by atoms with Crippen LogP contribution in [0.4, 0.5) is 4.39 Å². The molecule has 0 saturated carbocycles. The predicted molar refractivity (Wildman–Crippen MR) is 81.1 cm³/mol. The van der Waals surface area contributed by atoms with Gasteiger partial charge >= 0.3 is 0 Å². The second-order valence-corrected chi connectivity index (χ2v) is 8.47. The summed E-state index contributed by atoms with van der Waals surface area (Å²) < 4.78 is 31.7. The molecule has 0 aliphatic carbocycles. The van der Waals surface area contributed by atoms with Gasteiger partial charge in [0.05, 0.1) is 16.4 Å². The number of benzene rings is 1. The summed E-state index contributed by atoms with van der Waals surface area (Å²) in [5.74, 6) is 1.99. The number of thioether (sulfide) groups is 1. The number of halogens is 1. The largest absolute Gasteiger partial charge is 0.375 e. The number of rotatable bonds is 2. The summed E-state index contributed by atoms with van der Waals surface area (Å²) in [6.07, 6.45) is 3.83. The number of hydrogen-bond acceptors (Lipinski definition) is 3. The molecule has 2 saturated heterocycles. The predicted octanol–water partition coefficient (Wildman–Crippen LogP) is 3.38. The molecular formula is C15H19FO2S2. The average Bonchev–Trinajstić information content (AvgIpc) is 2.48. The van der Waals surface area contributed by atoms with Crippen molar-refractivity contribution in [2.75, 3.05) is 18.1 Å². The SMILES string of the molecule is O=S(c1ccc(F)cc1)C1CCOC2(CCSCC2)C1. The fraction of sp³-hybridized carbons (Fsp3) is 0.600.